The lowest BCUT2D eigenvalue weighted by atomic mass is 10.1. The van der Waals surface area contributed by atoms with Crippen molar-refractivity contribution < 1.29 is 36.6 Å². The van der Waals surface area contributed by atoms with Gasteiger partial charge in [0.05, 0.1) is 0 Å². The van der Waals surface area contributed by atoms with Gasteiger partial charge in [-0.05, 0) is 48.2 Å². The highest BCUT2D eigenvalue weighted by Gasteiger charge is 2.17. The summed E-state index contributed by atoms with van der Waals surface area (Å²) in [5.41, 5.74) is 6.78. The van der Waals surface area contributed by atoms with Crippen molar-refractivity contribution in [1.82, 2.24) is 0 Å². The molecule has 4 N–H and O–H groups in total. The molecule has 2 aromatic rings. The van der Waals surface area contributed by atoms with Crippen LogP contribution in [0.25, 0.3) is 0 Å². The Morgan fingerprint density at radius 2 is 1.36 bits per heavy atom. The van der Waals surface area contributed by atoms with Gasteiger partial charge in [-0.3, -0.25) is 9.59 Å². The highest BCUT2D eigenvalue weighted by molar-refractivity contribution is 7.82. The number of hydrogen-bond donors (Lipinski definition) is 3. The number of carboxylic acid groups (broad SMARTS) is 2. The third-order valence-electron chi connectivity index (χ3n) is 3.64. The van der Waals surface area contributed by atoms with Crippen LogP contribution in [-0.2, 0) is 32.8 Å². The second-order valence-electron chi connectivity index (χ2n) is 5.91. The van der Waals surface area contributed by atoms with Gasteiger partial charge in [0.25, 0.3) is 0 Å². The van der Waals surface area contributed by atoms with Crippen LogP contribution in [-0.4, -0.2) is 36.6 Å². The number of benzene rings is 2. The van der Waals surface area contributed by atoms with Crippen molar-refractivity contribution in [1.29, 1.82) is 0 Å². The fourth-order valence-electron chi connectivity index (χ4n) is 2.24. The second-order valence-corrected chi connectivity index (χ2v) is 7.06. The first-order valence-electron chi connectivity index (χ1n) is 8.16. The molecule has 0 saturated carbocycles. The summed E-state index contributed by atoms with van der Waals surface area (Å²) in [6.45, 7) is 0. The van der Waals surface area contributed by atoms with Crippen LogP contribution in [0.4, 0.5) is 0 Å². The van der Waals surface area contributed by atoms with Gasteiger partial charge in [0.2, 0.25) is 0 Å². The third kappa shape index (κ3) is 6.89. The highest BCUT2D eigenvalue weighted by atomic mass is 32.3. The van der Waals surface area contributed by atoms with Crippen molar-refractivity contribution in [2.75, 3.05) is 0 Å². The van der Waals surface area contributed by atoms with Crippen molar-refractivity contribution in [3.05, 3.63) is 59.7 Å². The van der Waals surface area contributed by atoms with Gasteiger partial charge in [-0.25, -0.2) is 0 Å². The largest absolute Gasteiger partial charge is 0.500 e. The molecule has 0 heterocycles. The summed E-state index contributed by atoms with van der Waals surface area (Å²) < 4.78 is 33.7. The summed E-state index contributed by atoms with van der Waals surface area (Å²) in [5, 5.41) is 17.4. The molecule has 2 aromatic carbocycles. The van der Waals surface area contributed by atoms with Crippen molar-refractivity contribution in [2.24, 2.45) is 5.73 Å². The minimum absolute atomic E-state index is 0.00859. The number of carboxylic acids is 2. The molecule has 2 rings (SSSR count). The van der Waals surface area contributed by atoms with Crippen LogP contribution >= 0.6 is 0 Å². The first-order valence-corrected chi connectivity index (χ1v) is 9.50. The lowest BCUT2D eigenvalue weighted by Crippen LogP contribution is -2.32. The predicted octanol–water partition coefficient (Wildman–Crippen LogP) is 1.36. The summed E-state index contributed by atoms with van der Waals surface area (Å²) in [6, 6.07) is 10.6. The maximum Gasteiger partial charge on any atom is 0.500 e. The lowest BCUT2D eigenvalue weighted by molar-refractivity contribution is -0.138. The van der Waals surface area contributed by atoms with Gasteiger partial charge >= 0.3 is 22.3 Å². The molecule has 0 aliphatic carbocycles. The highest BCUT2D eigenvalue weighted by Crippen LogP contribution is 2.19. The van der Waals surface area contributed by atoms with Crippen molar-refractivity contribution in [3.63, 3.8) is 0 Å². The number of rotatable bonds is 10. The Morgan fingerprint density at radius 1 is 0.893 bits per heavy atom. The average molecular weight is 409 g/mol. The molecule has 10 heteroatoms. The number of hydrogen-bond acceptors (Lipinski definition) is 7. The molecule has 0 aliphatic heterocycles. The molecule has 0 bridgehead atoms. The molecular formula is C18H19NO8S. The monoisotopic (exact) mass is 409 g/mol. The van der Waals surface area contributed by atoms with Crippen LogP contribution < -0.4 is 14.1 Å². The van der Waals surface area contributed by atoms with Crippen LogP contribution in [0.15, 0.2) is 48.5 Å². The standard InChI is InChI=1S/C18H19NO8S/c19-16(18(22)23)11-13-3-8-15(9-4-13)27-28(24,25)26-14-6-1-12(2-7-14)5-10-17(20)21/h1-4,6-9,16H,5,10-11,19H2,(H,20,21)(H,22,23). The molecule has 28 heavy (non-hydrogen) atoms. The van der Waals surface area contributed by atoms with Gasteiger partial charge in [0.15, 0.2) is 0 Å². The van der Waals surface area contributed by atoms with Crippen molar-refractivity contribution in [2.45, 2.75) is 25.3 Å². The third-order valence-corrected chi connectivity index (χ3v) is 4.44. The topological polar surface area (TPSA) is 153 Å². The Balaban J connectivity index is 1.96. The second kappa shape index (κ2) is 9.20. The Hall–Kier alpha value is -3.11. The molecule has 1 atom stereocenters. The molecule has 0 radical (unpaired) electrons. The van der Waals surface area contributed by atoms with E-state index in [0.717, 1.165) is 5.56 Å². The summed E-state index contributed by atoms with van der Waals surface area (Å²) in [4.78, 5) is 21.3. The van der Waals surface area contributed by atoms with Crippen molar-refractivity contribution >= 4 is 22.3 Å². The fourth-order valence-corrected chi connectivity index (χ4v) is 2.97. The molecular weight excluding hydrogens is 390 g/mol. The zero-order chi connectivity index (χ0) is 20.7. The molecule has 9 nitrogen and oxygen atoms in total. The molecule has 0 saturated heterocycles. The smallest absolute Gasteiger partial charge is 0.481 e. The molecule has 0 spiro atoms. The van der Waals surface area contributed by atoms with E-state index in [0.29, 0.717) is 12.0 Å². The van der Waals surface area contributed by atoms with Gasteiger partial charge in [-0.15, -0.1) is 8.42 Å². The van der Waals surface area contributed by atoms with Gasteiger partial charge in [0.1, 0.15) is 17.5 Å². The zero-order valence-electron chi connectivity index (χ0n) is 14.6. The summed E-state index contributed by atoms with van der Waals surface area (Å²) in [5.74, 6) is -2.05. The zero-order valence-corrected chi connectivity index (χ0v) is 15.5. The molecule has 0 fully saturated rings. The first-order chi connectivity index (χ1) is 13.1. The van der Waals surface area contributed by atoms with E-state index >= 15 is 0 Å². The van der Waals surface area contributed by atoms with Gasteiger partial charge in [-0.2, -0.15) is 0 Å². The van der Waals surface area contributed by atoms with Crippen LogP contribution in [0.3, 0.4) is 0 Å². The van der Waals surface area contributed by atoms with E-state index in [-0.39, 0.29) is 24.3 Å². The number of aryl methyl sites for hydroxylation is 1. The van der Waals surface area contributed by atoms with Gasteiger partial charge in [-0.1, -0.05) is 24.3 Å². The SMILES string of the molecule is NC(Cc1ccc(OS(=O)(=O)Oc2ccc(CCC(=O)O)cc2)cc1)C(=O)O. The van der Waals surface area contributed by atoms with E-state index in [1.54, 1.807) is 12.1 Å². The molecule has 0 aromatic heterocycles. The normalized spacial score (nSPS) is 12.2. The minimum Gasteiger partial charge on any atom is -0.481 e. The number of aliphatic carboxylic acids is 2. The number of carbonyl (C=O) groups is 2. The Labute approximate surface area is 161 Å². The summed E-state index contributed by atoms with van der Waals surface area (Å²) in [7, 11) is -4.39. The Kier molecular flexibility index (Phi) is 6.96. The van der Waals surface area contributed by atoms with Gasteiger partial charge < -0.3 is 24.3 Å². The van der Waals surface area contributed by atoms with E-state index in [1.165, 1.54) is 36.4 Å². The molecule has 0 amide bonds. The van der Waals surface area contributed by atoms with Crippen LogP contribution in [0, 0.1) is 0 Å². The Morgan fingerprint density at radius 3 is 1.79 bits per heavy atom. The minimum atomic E-state index is -4.39. The van der Waals surface area contributed by atoms with E-state index in [1.807, 2.05) is 0 Å². The van der Waals surface area contributed by atoms with Gasteiger partial charge in [0, 0.05) is 6.42 Å². The maximum absolute atomic E-state index is 12.0. The van der Waals surface area contributed by atoms with Crippen molar-refractivity contribution in [3.8, 4) is 11.5 Å². The fraction of sp³-hybridized carbons (Fsp3) is 0.222. The lowest BCUT2D eigenvalue weighted by Gasteiger charge is -2.10. The summed E-state index contributed by atoms with van der Waals surface area (Å²) in [6.07, 6.45) is 0.374. The van der Waals surface area contributed by atoms with E-state index in [4.69, 9.17) is 24.3 Å². The number of nitrogens with two attached hydrogens (primary N) is 1. The maximum atomic E-state index is 12.0. The van der Waals surface area contributed by atoms with Crippen LogP contribution in [0.5, 0.6) is 11.5 Å². The van der Waals surface area contributed by atoms with Crippen LogP contribution in [0.1, 0.15) is 17.5 Å². The van der Waals surface area contributed by atoms with E-state index < -0.39 is 28.4 Å². The molecule has 0 aliphatic rings. The van der Waals surface area contributed by atoms with E-state index in [2.05, 4.69) is 0 Å². The first kappa shape index (κ1) is 21.2. The van der Waals surface area contributed by atoms with Crippen LogP contribution in [0.2, 0.25) is 0 Å². The van der Waals surface area contributed by atoms with E-state index in [9.17, 15) is 18.0 Å². The quantitative estimate of drug-likeness (QED) is 0.528. The summed E-state index contributed by atoms with van der Waals surface area (Å²) >= 11 is 0. The average Bonchev–Trinajstić information content (AvgIpc) is 2.62. The molecule has 1 unspecified atom stereocenters. The molecule has 150 valence electrons. The predicted molar refractivity (Wildman–Crippen MR) is 98.3 cm³/mol. The Bertz CT molecular complexity index is 923.